The molecule has 1 heterocycles. The number of carbonyl (C=O) groups is 1. The zero-order valence-electron chi connectivity index (χ0n) is 15.9. The van der Waals surface area contributed by atoms with Gasteiger partial charge in [-0.25, -0.2) is 4.98 Å². The van der Waals surface area contributed by atoms with E-state index in [2.05, 4.69) is 15.0 Å². The van der Waals surface area contributed by atoms with Gasteiger partial charge in [0, 0.05) is 11.3 Å². The van der Waals surface area contributed by atoms with Gasteiger partial charge in [0.2, 0.25) is 0 Å². The maximum Gasteiger partial charge on any atom is 0.387 e. The molecule has 6 nitrogen and oxygen atoms in total. The lowest BCUT2D eigenvalue weighted by Crippen LogP contribution is -2.11. The van der Waals surface area contributed by atoms with Crippen molar-refractivity contribution in [1.82, 2.24) is 4.98 Å². The molecule has 0 saturated carbocycles. The van der Waals surface area contributed by atoms with Crippen molar-refractivity contribution in [1.29, 1.82) is 0 Å². The highest BCUT2D eigenvalue weighted by molar-refractivity contribution is 7.17. The molecule has 0 bridgehead atoms. The molecule has 29 heavy (non-hydrogen) atoms. The first kappa shape index (κ1) is 20.5. The molecule has 0 aliphatic rings. The van der Waals surface area contributed by atoms with Crippen LogP contribution in [0.5, 0.6) is 17.2 Å². The number of halogens is 2. The molecule has 3 rings (SSSR count). The summed E-state index contributed by atoms with van der Waals surface area (Å²) in [6.07, 6.45) is 0. The second-order valence-electron chi connectivity index (χ2n) is 5.86. The fourth-order valence-corrected chi connectivity index (χ4v) is 3.57. The minimum absolute atomic E-state index is 0.0164. The normalized spacial score (nSPS) is 10.7. The topological polar surface area (TPSA) is 69.7 Å². The zero-order valence-corrected chi connectivity index (χ0v) is 16.7. The van der Waals surface area contributed by atoms with E-state index in [9.17, 15) is 13.6 Å². The Balaban J connectivity index is 1.78. The highest BCUT2D eigenvalue weighted by atomic mass is 32.1. The average Bonchev–Trinajstić information content (AvgIpc) is 3.10. The van der Waals surface area contributed by atoms with Crippen LogP contribution in [0, 0.1) is 6.92 Å². The van der Waals surface area contributed by atoms with Gasteiger partial charge in [-0.15, -0.1) is 11.3 Å². The van der Waals surface area contributed by atoms with Crippen molar-refractivity contribution in [3.63, 3.8) is 0 Å². The van der Waals surface area contributed by atoms with Gasteiger partial charge in [-0.3, -0.25) is 4.79 Å². The molecular weight excluding hydrogens is 402 g/mol. The van der Waals surface area contributed by atoms with Crippen molar-refractivity contribution in [2.75, 3.05) is 19.5 Å². The molecule has 3 aromatic rings. The third kappa shape index (κ3) is 4.80. The minimum Gasteiger partial charge on any atom is -0.493 e. The number of carbonyl (C=O) groups excluding carboxylic acids is 1. The molecule has 0 atom stereocenters. The summed E-state index contributed by atoms with van der Waals surface area (Å²) < 4.78 is 39.3. The monoisotopic (exact) mass is 420 g/mol. The van der Waals surface area contributed by atoms with Gasteiger partial charge in [-0.05, 0) is 49.4 Å². The lowest BCUT2D eigenvalue weighted by atomic mass is 10.2. The van der Waals surface area contributed by atoms with Crippen LogP contribution in [-0.2, 0) is 0 Å². The van der Waals surface area contributed by atoms with Crippen molar-refractivity contribution < 1.29 is 27.8 Å². The molecule has 1 N–H and O–H groups in total. The van der Waals surface area contributed by atoms with Crippen LogP contribution < -0.4 is 19.5 Å². The number of methoxy groups -OCH3 is 2. The fraction of sp³-hybridized carbons (Fsp3) is 0.200. The van der Waals surface area contributed by atoms with Gasteiger partial charge in [0.25, 0.3) is 5.91 Å². The van der Waals surface area contributed by atoms with Crippen LogP contribution in [-0.4, -0.2) is 31.7 Å². The summed E-state index contributed by atoms with van der Waals surface area (Å²) in [5.74, 6) is 0.841. The lowest BCUT2D eigenvalue weighted by Gasteiger charge is -2.08. The number of hydrogen-bond donors (Lipinski definition) is 1. The predicted molar refractivity (Wildman–Crippen MR) is 106 cm³/mol. The maximum atomic E-state index is 12.6. The quantitative estimate of drug-likeness (QED) is 0.583. The highest BCUT2D eigenvalue weighted by Crippen LogP contribution is 2.35. The molecule has 152 valence electrons. The zero-order chi connectivity index (χ0) is 21.0. The van der Waals surface area contributed by atoms with Gasteiger partial charge in [-0.1, -0.05) is 0 Å². The Bertz CT molecular complexity index is 1010. The van der Waals surface area contributed by atoms with E-state index in [-0.39, 0.29) is 11.7 Å². The third-order valence-corrected chi connectivity index (χ3v) is 5.18. The summed E-state index contributed by atoms with van der Waals surface area (Å²) >= 11 is 1.24. The van der Waals surface area contributed by atoms with Crippen LogP contribution in [0.15, 0.2) is 42.5 Å². The van der Waals surface area contributed by atoms with Crippen molar-refractivity contribution >= 4 is 22.9 Å². The molecule has 0 aliphatic carbocycles. The van der Waals surface area contributed by atoms with Gasteiger partial charge in [0.1, 0.15) is 15.6 Å². The molecule has 0 spiro atoms. The van der Waals surface area contributed by atoms with Gasteiger partial charge in [0.15, 0.2) is 11.5 Å². The first-order valence-corrected chi connectivity index (χ1v) is 9.29. The molecule has 0 fully saturated rings. The first-order chi connectivity index (χ1) is 13.9. The maximum absolute atomic E-state index is 12.6. The minimum atomic E-state index is -2.90. The Morgan fingerprint density at radius 1 is 1.07 bits per heavy atom. The summed E-state index contributed by atoms with van der Waals surface area (Å²) in [4.78, 5) is 17.6. The standard InChI is InChI=1S/C20H18F2N2O4S/c1-11-17(18(25)24-13-5-7-14(8-6-13)28-20(21)22)29-19(23-11)12-4-9-15(26-2)16(10-12)27-3/h4-10,20H,1-3H3,(H,24,25). The van der Waals surface area contributed by atoms with E-state index < -0.39 is 6.61 Å². The smallest absolute Gasteiger partial charge is 0.387 e. The molecule has 0 unspecified atom stereocenters. The number of ether oxygens (including phenoxy) is 3. The summed E-state index contributed by atoms with van der Waals surface area (Å²) in [6.45, 7) is -1.15. The van der Waals surface area contributed by atoms with E-state index in [0.29, 0.717) is 32.8 Å². The van der Waals surface area contributed by atoms with E-state index >= 15 is 0 Å². The van der Waals surface area contributed by atoms with Crippen LogP contribution in [0.1, 0.15) is 15.4 Å². The molecule has 2 aromatic carbocycles. The number of hydrogen-bond acceptors (Lipinski definition) is 6. The molecule has 9 heteroatoms. The molecule has 1 aromatic heterocycles. The van der Waals surface area contributed by atoms with E-state index in [0.717, 1.165) is 5.56 Å². The van der Waals surface area contributed by atoms with E-state index in [1.54, 1.807) is 33.3 Å². The third-order valence-electron chi connectivity index (χ3n) is 3.97. The van der Waals surface area contributed by atoms with Gasteiger partial charge in [0.05, 0.1) is 19.9 Å². The Kier molecular flexibility index (Phi) is 6.28. The number of nitrogens with zero attached hydrogens (tertiary/aromatic N) is 1. The Morgan fingerprint density at radius 2 is 1.76 bits per heavy atom. The van der Waals surface area contributed by atoms with Crippen molar-refractivity contribution in [3.05, 3.63) is 53.0 Å². The summed E-state index contributed by atoms with van der Waals surface area (Å²) in [7, 11) is 3.10. The number of rotatable bonds is 7. The first-order valence-electron chi connectivity index (χ1n) is 8.47. The molecule has 1 amide bonds. The predicted octanol–water partition coefficient (Wildman–Crippen LogP) is 4.99. The Hall–Kier alpha value is -3.20. The van der Waals surface area contributed by atoms with Crippen LogP contribution >= 0.6 is 11.3 Å². The van der Waals surface area contributed by atoms with E-state index in [4.69, 9.17) is 9.47 Å². The molecular formula is C20H18F2N2O4S. The number of anilines is 1. The van der Waals surface area contributed by atoms with E-state index in [1.165, 1.54) is 35.6 Å². The Labute approximate surface area is 170 Å². The largest absolute Gasteiger partial charge is 0.493 e. The van der Waals surface area contributed by atoms with Gasteiger partial charge in [-0.2, -0.15) is 8.78 Å². The van der Waals surface area contributed by atoms with Crippen LogP contribution in [0.25, 0.3) is 10.6 Å². The summed E-state index contributed by atoms with van der Waals surface area (Å²) in [6, 6.07) is 11.1. The number of nitrogens with one attached hydrogen (secondary N) is 1. The van der Waals surface area contributed by atoms with Crippen LogP contribution in [0.4, 0.5) is 14.5 Å². The van der Waals surface area contributed by atoms with Gasteiger partial charge < -0.3 is 19.5 Å². The van der Waals surface area contributed by atoms with E-state index in [1.807, 2.05) is 6.07 Å². The number of alkyl halides is 2. The van der Waals surface area contributed by atoms with Crippen LogP contribution in [0.3, 0.4) is 0 Å². The number of benzene rings is 2. The fourth-order valence-electron chi connectivity index (χ4n) is 2.61. The Morgan fingerprint density at radius 3 is 2.38 bits per heavy atom. The second-order valence-corrected chi connectivity index (χ2v) is 6.86. The summed E-state index contributed by atoms with van der Waals surface area (Å²) in [5.41, 5.74) is 1.83. The SMILES string of the molecule is COc1ccc(-c2nc(C)c(C(=O)Nc3ccc(OC(F)F)cc3)s2)cc1OC. The number of aryl methyl sites for hydroxylation is 1. The van der Waals surface area contributed by atoms with Crippen molar-refractivity contribution in [2.24, 2.45) is 0 Å². The van der Waals surface area contributed by atoms with Crippen molar-refractivity contribution in [3.8, 4) is 27.8 Å². The average molecular weight is 420 g/mol. The number of thiazole rings is 1. The summed E-state index contributed by atoms with van der Waals surface area (Å²) in [5, 5.41) is 3.39. The number of aromatic nitrogens is 1. The number of amides is 1. The molecule has 0 aliphatic heterocycles. The lowest BCUT2D eigenvalue weighted by molar-refractivity contribution is -0.0498. The van der Waals surface area contributed by atoms with Gasteiger partial charge >= 0.3 is 6.61 Å². The molecule has 0 saturated heterocycles. The van der Waals surface area contributed by atoms with Crippen LogP contribution in [0.2, 0.25) is 0 Å². The second kappa shape index (κ2) is 8.87. The highest BCUT2D eigenvalue weighted by Gasteiger charge is 2.18. The van der Waals surface area contributed by atoms with Crippen molar-refractivity contribution in [2.45, 2.75) is 13.5 Å². The molecule has 0 radical (unpaired) electrons.